The highest BCUT2D eigenvalue weighted by Crippen LogP contribution is 2.10. The van der Waals surface area contributed by atoms with Crippen molar-refractivity contribution in [3.63, 3.8) is 0 Å². The van der Waals surface area contributed by atoms with E-state index < -0.39 is 0 Å². The van der Waals surface area contributed by atoms with Gasteiger partial charge in [0.1, 0.15) is 0 Å². The molecule has 0 aliphatic carbocycles. The van der Waals surface area contributed by atoms with Crippen LogP contribution in [-0.4, -0.2) is 44.0 Å². The molecule has 0 unspecified atom stereocenters. The second-order valence-corrected chi connectivity index (χ2v) is 6.17. The van der Waals surface area contributed by atoms with Crippen LogP contribution in [0.5, 0.6) is 0 Å². The Kier molecular flexibility index (Phi) is 16.6. The van der Waals surface area contributed by atoms with E-state index in [1.165, 1.54) is 64.5 Å². The Morgan fingerprint density at radius 2 is 1.22 bits per heavy atom. The van der Waals surface area contributed by atoms with E-state index in [4.69, 9.17) is 5.73 Å². The summed E-state index contributed by atoms with van der Waals surface area (Å²) in [7, 11) is 4.62. The number of nitrogens with two attached hydrogens (primary N) is 1. The Hall–Kier alpha value is 0.750. The van der Waals surface area contributed by atoms with Crippen LogP contribution < -0.4 is 22.7 Å². The summed E-state index contributed by atoms with van der Waals surface area (Å²) < 4.78 is 1.12. The maximum absolute atomic E-state index is 5.47. The third-order valence-electron chi connectivity index (χ3n) is 3.42. The fraction of sp³-hybridized carbons (Fsp3) is 1.00. The van der Waals surface area contributed by atoms with E-state index in [0.717, 1.165) is 16.8 Å². The minimum Gasteiger partial charge on any atom is -1.00 e. The number of halogens is 1. The molecule has 0 aliphatic heterocycles. The number of hydrogen-bond acceptors (Lipinski definition) is 2. The van der Waals surface area contributed by atoms with E-state index in [9.17, 15) is 0 Å². The molecule has 0 saturated carbocycles. The standard InChI is InChI=1S/C14H32N2S.BrH/c1-16(2,13-14-17)12-10-8-6-4-3-5-7-9-11-15;/h3-15H2,1-2H3;1H. The van der Waals surface area contributed by atoms with Crippen molar-refractivity contribution in [2.45, 2.75) is 51.4 Å². The molecule has 0 radical (unpaired) electrons. The van der Waals surface area contributed by atoms with Crippen molar-refractivity contribution in [3.05, 3.63) is 0 Å². The second-order valence-electron chi connectivity index (χ2n) is 5.72. The fourth-order valence-electron chi connectivity index (χ4n) is 2.13. The number of rotatable bonds is 12. The summed E-state index contributed by atoms with van der Waals surface area (Å²) in [6, 6.07) is 0. The highest BCUT2D eigenvalue weighted by molar-refractivity contribution is 7.80. The molecule has 2 N–H and O–H groups in total. The van der Waals surface area contributed by atoms with Crippen LogP contribution in [0.1, 0.15) is 51.4 Å². The van der Waals surface area contributed by atoms with Crippen LogP contribution in [-0.2, 0) is 0 Å². The molecular weight excluding hydrogens is 308 g/mol. The van der Waals surface area contributed by atoms with Crippen LogP contribution in [0.2, 0.25) is 0 Å². The first-order valence-corrected chi connectivity index (χ1v) is 7.88. The largest absolute Gasteiger partial charge is 1.00 e. The van der Waals surface area contributed by atoms with Gasteiger partial charge in [-0.3, -0.25) is 0 Å². The Morgan fingerprint density at radius 3 is 1.67 bits per heavy atom. The molecule has 0 aromatic heterocycles. The summed E-state index contributed by atoms with van der Waals surface area (Å²) in [5, 5.41) is 0. The molecule has 0 aromatic rings. The molecule has 0 aromatic carbocycles. The SMILES string of the molecule is C[N+](C)(CCS)CCCCCCCCCCN.[Br-]. The molecule has 0 atom stereocenters. The van der Waals surface area contributed by atoms with Crippen LogP contribution in [0.15, 0.2) is 0 Å². The summed E-state index contributed by atoms with van der Waals surface area (Å²) >= 11 is 4.31. The molecule has 0 amide bonds. The predicted molar refractivity (Wildman–Crippen MR) is 81.7 cm³/mol. The number of quaternary nitrogens is 1. The van der Waals surface area contributed by atoms with Crippen molar-refractivity contribution in [3.8, 4) is 0 Å². The molecule has 0 heterocycles. The summed E-state index contributed by atoms with van der Waals surface area (Å²) in [6.45, 7) is 3.34. The first kappa shape index (κ1) is 21.1. The van der Waals surface area contributed by atoms with Crippen molar-refractivity contribution in [2.24, 2.45) is 5.73 Å². The Balaban J connectivity index is 0. The van der Waals surface area contributed by atoms with Gasteiger partial charge in [-0.15, -0.1) is 0 Å². The first-order valence-electron chi connectivity index (χ1n) is 7.25. The lowest BCUT2D eigenvalue weighted by Gasteiger charge is -2.29. The molecule has 0 aliphatic rings. The predicted octanol–water partition coefficient (Wildman–Crippen LogP) is 0.0761. The lowest BCUT2D eigenvalue weighted by atomic mass is 10.1. The third kappa shape index (κ3) is 14.8. The van der Waals surface area contributed by atoms with Gasteiger partial charge in [0.2, 0.25) is 0 Å². The van der Waals surface area contributed by atoms with Crippen LogP contribution in [0.4, 0.5) is 0 Å². The highest BCUT2D eigenvalue weighted by Gasteiger charge is 2.12. The van der Waals surface area contributed by atoms with Crippen LogP contribution in [0, 0.1) is 0 Å². The minimum absolute atomic E-state index is 0. The first-order chi connectivity index (χ1) is 8.12. The Morgan fingerprint density at radius 1 is 0.778 bits per heavy atom. The molecule has 0 fully saturated rings. The van der Waals surface area contributed by atoms with Gasteiger partial charge in [-0.05, 0) is 25.8 Å². The maximum atomic E-state index is 5.47. The van der Waals surface area contributed by atoms with Gasteiger partial charge in [-0.1, -0.05) is 32.1 Å². The average molecular weight is 341 g/mol. The summed E-state index contributed by atoms with van der Waals surface area (Å²) in [4.78, 5) is 0. The number of nitrogens with zero attached hydrogens (tertiary/aromatic N) is 1. The second kappa shape index (κ2) is 14.2. The van der Waals surface area contributed by atoms with Gasteiger partial charge >= 0.3 is 0 Å². The Labute approximate surface area is 130 Å². The van der Waals surface area contributed by atoms with Crippen LogP contribution >= 0.6 is 12.6 Å². The lowest BCUT2D eigenvalue weighted by Crippen LogP contribution is -3.00. The highest BCUT2D eigenvalue weighted by atomic mass is 79.9. The van der Waals surface area contributed by atoms with Crippen LogP contribution in [0.25, 0.3) is 0 Å². The normalized spacial score (nSPS) is 11.3. The van der Waals surface area contributed by atoms with Crippen molar-refractivity contribution in [2.75, 3.05) is 39.5 Å². The van der Waals surface area contributed by atoms with Crippen molar-refractivity contribution < 1.29 is 21.5 Å². The van der Waals surface area contributed by atoms with Gasteiger partial charge < -0.3 is 27.2 Å². The van der Waals surface area contributed by atoms with Gasteiger partial charge in [0.25, 0.3) is 0 Å². The molecular formula is C14H33BrN2S. The molecule has 0 spiro atoms. The van der Waals surface area contributed by atoms with Gasteiger partial charge in [0, 0.05) is 5.75 Å². The summed E-state index contributed by atoms with van der Waals surface area (Å²) in [5.74, 6) is 0.994. The number of hydrogen-bond donors (Lipinski definition) is 2. The summed E-state index contributed by atoms with van der Waals surface area (Å²) in [6.07, 6.45) is 10.9. The van der Waals surface area contributed by atoms with Crippen molar-refractivity contribution in [1.29, 1.82) is 0 Å². The van der Waals surface area contributed by atoms with E-state index in [1.807, 2.05) is 0 Å². The molecule has 4 heteroatoms. The van der Waals surface area contributed by atoms with Gasteiger partial charge in [0.05, 0.1) is 27.2 Å². The zero-order chi connectivity index (χ0) is 13.0. The molecule has 0 rings (SSSR count). The fourth-order valence-corrected chi connectivity index (χ4v) is 2.67. The van der Waals surface area contributed by atoms with Gasteiger partial charge in [-0.25, -0.2) is 0 Å². The van der Waals surface area contributed by atoms with E-state index in [2.05, 4.69) is 26.7 Å². The monoisotopic (exact) mass is 340 g/mol. The van der Waals surface area contributed by atoms with Gasteiger partial charge in [0.15, 0.2) is 0 Å². The summed E-state index contributed by atoms with van der Waals surface area (Å²) in [5.41, 5.74) is 5.47. The molecule has 112 valence electrons. The average Bonchev–Trinajstić information content (AvgIpc) is 2.27. The van der Waals surface area contributed by atoms with Gasteiger partial charge in [-0.2, -0.15) is 12.6 Å². The zero-order valence-corrected chi connectivity index (χ0v) is 14.8. The topological polar surface area (TPSA) is 26.0 Å². The van der Waals surface area contributed by atoms with E-state index in [-0.39, 0.29) is 17.0 Å². The van der Waals surface area contributed by atoms with Crippen molar-refractivity contribution >= 4 is 12.6 Å². The van der Waals surface area contributed by atoms with Crippen LogP contribution in [0.3, 0.4) is 0 Å². The molecule has 0 bridgehead atoms. The van der Waals surface area contributed by atoms with E-state index in [1.54, 1.807) is 0 Å². The Bertz CT molecular complexity index is 166. The quantitative estimate of drug-likeness (QED) is 0.293. The lowest BCUT2D eigenvalue weighted by molar-refractivity contribution is -0.888. The number of unbranched alkanes of at least 4 members (excludes halogenated alkanes) is 7. The third-order valence-corrected chi connectivity index (χ3v) is 3.62. The minimum atomic E-state index is 0. The van der Waals surface area contributed by atoms with E-state index in [0.29, 0.717) is 0 Å². The molecule has 2 nitrogen and oxygen atoms in total. The maximum Gasteiger partial charge on any atom is 0.0871 e. The molecule has 0 saturated heterocycles. The number of thiol groups is 1. The van der Waals surface area contributed by atoms with E-state index >= 15 is 0 Å². The smallest absolute Gasteiger partial charge is 0.0871 e. The zero-order valence-electron chi connectivity index (χ0n) is 12.3. The van der Waals surface area contributed by atoms with Crippen molar-refractivity contribution in [1.82, 2.24) is 0 Å². The molecule has 18 heavy (non-hydrogen) atoms.